The third-order valence-corrected chi connectivity index (χ3v) is 9.23. The summed E-state index contributed by atoms with van der Waals surface area (Å²) in [6.07, 6.45) is 2.32. The van der Waals surface area contributed by atoms with Crippen molar-refractivity contribution in [2.75, 3.05) is 47.6 Å². The predicted molar refractivity (Wildman–Crippen MR) is 208 cm³/mol. The summed E-state index contributed by atoms with van der Waals surface area (Å²) >= 11 is 0. The van der Waals surface area contributed by atoms with Gasteiger partial charge in [-0.2, -0.15) is 29.9 Å². The van der Waals surface area contributed by atoms with Gasteiger partial charge in [0.15, 0.2) is 0 Å². The Hall–Kier alpha value is -4.82. The van der Waals surface area contributed by atoms with Crippen LogP contribution in [0, 0.1) is 0 Å². The molecular formula is C36H32N10Na2O10S2. The van der Waals surface area contributed by atoms with Crippen LogP contribution in [0.5, 0.6) is 23.5 Å². The van der Waals surface area contributed by atoms with Gasteiger partial charge in [-0.1, -0.05) is 60.7 Å². The molecule has 0 fully saturated rings. The van der Waals surface area contributed by atoms with E-state index in [0.29, 0.717) is 11.5 Å². The van der Waals surface area contributed by atoms with Crippen molar-refractivity contribution in [3.63, 3.8) is 0 Å². The van der Waals surface area contributed by atoms with Gasteiger partial charge < -0.3 is 50.1 Å². The number of aromatic nitrogens is 6. The zero-order valence-corrected chi connectivity index (χ0v) is 37.5. The van der Waals surface area contributed by atoms with Gasteiger partial charge in [0.05, 0.1) is 23.0 Å². The first kappa shape index (κ1) is 47.9. The fraction of sp³-hybridized carbons (Fsp3) is 0.111. The number of rotatable bonds is 18. The zero-order valence-electron chi connectivity index (χ0n) is 31.9. The minimum absolute atomic E-state index is 0. The first-order valence-electron chi connectivity index (χ1n) is 17.0. The van der Waals surface area contributed by atoms with E-state index in [1.807, 2.05) is 0 Å². The Labute approximate surface area is 388 Å². The van der Waals surface area contributed by atoms with Crippen LogP contribution in [0.2, 0.25) is 0 Å². The summed E-state index contributed by atoms with van der Waals surface area (Å²) < 4.78 is 86.1. The van der Waals surface area contributed by atoms with E-state index in [-0.39, 0.29) is 144 Å². The van der Waals surface area contributed by atoms with E-state index in [0.717, 1.165) is 24.3 Å². The molecule has 0 radical (unpaired) electrons. The molecule has 6 N–H and O–H groups in total. The molecule has 0 aliphatic rings. The summed E-state index contributed by atoms with van der Waals surface area (Å²) in [4.78, 5) is 23.7. The number of anilines is 6. The van der Waals surface area contributed by atoms with E-state index in [4.69, 9.17) is 9.47 Å². The zero-order chi connectivity index (χ0) is 41.1. The van der Waals surface area contributed by atoms with Gasteiger partial charge in [0, 0.05) is 24.5 Å². The predicted octanol–water partition coefficient (Wildman–Crippen LogP) is -2.08. The maximum absolute atomic E-state index is 12.4. The molecule has 6 aromatic rings. The molecule has 20 nitrogen and oxygen atoms in total. The summed E-state index contributed by atoms with van der Waals surface area (Å²) in [5, 5.41) is 29.7. The minimum Gasteiger partial charge on any atom is -0.744 e. The average molecular weight is 875 g/mol. The number of nitrogens with zero attached hydrogens (tertiary/aromatic N) is 6. The molecule has 4 aromatic carbocycles. The number of nitrogens with one attached hydrogen (secondary N) is 4. The molecule has 0 aliphatic carbocycles. The van der Waals surface area contributed by atoms with Gasteiger partial charge in [-0.25, -0.2) is 16.8 Å². The summed E-state index contributed by atoms with van der Waals surface area (Å²) in [6.45, 7) is -0.273. The summed E-state index contributed by atoms with van der Waals surface area (Å²) in [7, 11) is -10.3. The number of aliphatic hydroxyl groups is 2. The molecule has 0 saturated carbocycles. The molecule has 60 heavy (non-hydrogen) atoms. The van der Waals surface area contributed by atoms with Gasteiger partial charge in [-0.3, -0.25) is 0 Å². The molecule has 0 atom stereocenters. The number of hydrogen-bond donors (Lipinski definition) is 6. The number of hydrogen-bond acceptors (Lipinski definition) is 20. The van der Waals surface area contributed by atoms with Crippen molar-refractivity contribution < 1.29 is 105 Å². The van der Waals surface area contributed by atoms with Gasteiger partial charge in [0.1, 0.15) is 31.7 Å². The third-order valence-electron chi connectivity index (χ3n) is 7.44. The van der Waals surface area contributed by atoms with Crippen LogP contribution in [-0.2, 0) is 20.2 Å². The second kappa shape index (κ2) is 22.1. The average Bonchev–Trinajstić information content (AvgIpc) is 3.19. The van der Waals surface area contributed by atoms with Crippen molar-refractivity contribution in [3.05, 3.63) is 108 Å². The molecule has 6 rings (SSSR count). The maximum Gasteiger partial charge on any atom is 1.00 e. The Morgan fingerprint density at radius 3 is 1.25 bits per heavy atom. The summed E-state index contributed by atoms with van der Waals surface area (Å²) in [5.41, 5.74) is -0.129. The molecule has 0 bridgehead atoms. The van der Waals surface area contributed by atoms with E-state index < -0.39 is 30.0 Å². The Bertz CT molecular complexity index is 2460. The SMILES string of the molecule is O=S(=O)([O-])c1cc(Nc2nc(NCCO)nc(Oc3ccccc3)n2)ccc1C=Cc1ccc(Nc2nc(NCCO)nc(Oc3ccccc3)n2)cc1S(=O)(=O)[O-].[Na+].[Na+]. The Morgan fingerprint density at radius 1 is 0.533 bits per heavy atom. The topological polar surface area (TPSA) is 299 Å². The fourth-order valence-corrected chi connectivity index (χ4v) is 6.36. The molecule has 0 aliphatic heterocycles. The molecule has 24 heteroatoms. The van der Waals surface area contributed by atoms with Crippen LogP contribution < -0.4 is 89.9 Å². The van der Waals surface area contributed by atoms with Crippen molar-refractivity contribution in [1.82, 2.24) is 29.9 Å². The first-order chi connectivity index (χ1) is 27.9. The number of ether oxygens (including phenoxy) is 2. The van der Waals surface area contributed by atoms with E-state index >= 15 is 0 Å². The second-order valence-corrected chi connectivity index (χ2v) is 14.4. The van der Waals surface area contributed by atoms with Crippen LogP contribution in [0.3, 0.4) is 0 Å². The number of para-hydroxylation sites is 2. The molecule has 0 spiro atoms. The standard InChI is InChI=1S/C36H34N10O10S2.2Na/c47-19-17-37-31-41-33(45-35(43-31)55-27-7-3-1-4-8-27)39-25-15-13-23(29(21-25)57(49,50)51)11-12-24-14-16-26(22-30(24)58(52,53)54)40-34-42-32(38-18-20-48)44-36(46-34)56-28-9-5-2-6-10-28;;/h1-16,21-22,47-48H,17-20H2,(H,49,50,51)(H,52,53,54)(H2,37,39,41,43,45)(H2,38,40,42,44,46);;/q;2*+1/p-2. The van der Waals surface area contributed by atoms with Crippen molar-refractivity contribution >= 4 is 67.6 Å². The van der Waals surface area contributed by atoms with E-state index in [1.54, 1.807) is 60.7 Å². The van der Waals surface area contributed by atoms with Crippen molar-refractivity contribution in [3.8, 4) is 23.5 Å². The monoisotopic (exact) mass is 874 g/mol. The van der Waals surface area contributed by atoms with Crippen LogP contribution in [0.4, 0.5) is 35.2 Å². The number of benzene rings is 4. The van der Waals surface area contributed by atoms with Gasteiger partial charge >= 0.3 is 71.1 Å². The van der Waals surface area contributed by atoms with Crippen LogP contribution in [0.1, 0.15) is 11.1 Å². The molecular weight excluding hydrogens is 843 g/mol. The van der Waals surface area contributed by atoms with E-state index in [2.05, 4.69) is 51.2 Å². The largest absolute Gasteiger partial charge is 1.00 e. The van der Waals surface area contributed by atoms with Gasteiger partial charge in [0.25, 0.3) is 0 Å². The van der Waals surface area contributed by atoms with Crippen LogP contribution in [0.15, 0.2) is 107 Å². The normalized spacial score (nSPS) is 11.2. The van der Waals surface area contributed by atoms with E-state index in [1.165, 1.54) is 24.3 Å². The molecule has 0 saturated heterocycles. The van der Waals surface area contributed by atoms with E-state index in [9.17, 15) is 36.2 Å². The van der Waals surface area contributed by atoms with Gasteiger partial charge in [-0.05, 0) is 59.7 Å². The van der Waals surface area contributed by atoms with Gasteiger partial charge in [-0.15, -0.1) is 0 Å². The molecule has 0 unspecified atom stereocenters. The first-order valence-corrected chi connectivity index (χ1v) is 19.8. The van der Waals surface area contributed by atoms with Crippen LogP contribution in [-0.4, -0.2) is 92.4 Å². The summed E-state index contributed by atoms with van der Waals surface area (Å²) in [6, 6.07) is 24.3. The smallest absolute Gasteiger partial charge is 0.744 e. The molecule has 0 amide bonds. The minimum atomic E-state index is -5.13. The van der Waals surface area contributed by atoms with Crippen LogP contribution >= 0.6 is 0 Å². The van der Waals surface area contributed by atoms with Crippen LogP contribution in [0.25, 0.3) is 12.2 Å². The fourth-order valence-electron chi connectivity index (χ4n) is 4.97. The Morgan fingerprint density at radius 2 is 0.900 bits per heavy atom. The van der Waals surface area contributed by atoms with Crippen molar-refractivity contribution in [2.45, 2.75) is 9.79 Å². The Kier molecular flexibility index (Phi) is 17.7. The maximum atomic E-state index is 12.4. The summed E-state index contributed by atoms with van der Waals surface area (Å²) in [5.74, 6) is 0.660. The number of aliphatic hydroxyl groups excluding tert-OH is 2. The third kappa shape index (κ3) is 13.9. The quantitative estimate of drug-likeness (QED) is 0.0307. The van der Waals surface area contributed by atoms with Crippen molar-refractivity contribution in [2.24, 2.45) is 0 Å². The second-order valence-electron chi connectivity index (χ2n) is 11.7. The Balaban J connectivity index is 0.00000397. The molecule has 300 valence electrons. The molecule has 2 heterocycles. The van der Waals surface area contributed by atoms with Crippen molar-refractivity contribution in [1.29, 1.82) is 0 Å². The molecule has 2 aromatic heterocycles. The van der Waals surface area contributed by atoms with Gasteiger partial charge in [0.2, 0.25) is 23.8 Å².